The van der Waals surface area contributed by atoms with Crippen molar-refractivity contribution in [3.8, 4) is 0 Å². The molecule has 0 bridgehead atoms. The number of nitro benzene ring substituents is 1. The van der Waals surface area contributed by atoms with E-state index in [1.807, 2.05) is 19.1 Å². The number of hydrogen-bond donors (Lipinski definition) is 1. The molecule has 3 aromatic rings. The highest BCUT2D eigenvalue weighted by Gasteiger charge is 2.24. The molecule has 144 valence electrons. The molecule has 2 atom stereocenters. The van der Waals surface area contributed by atoms with Gasteiger partial charge >= 0.3 is 0 Å². The summed E-state index contributed by atoms with van der Waals surface area (Å²) in [6, 6.07) is 13.0. The van der Waals surface area contributed by atoms with Crippen LogP contribution in [0.2, 0.25) is 0 Å². The largest absolute Gasteiger partial charge is 0.348 e. The molecule has 1 aromatic heterocycles. The fourth-order valence-electron chi connectivity index (χ4n) is 3.45. The van der Waals surface area contributed by atoms with Gasteiger partial charge < -0.3 is 5.32 Å². The van der Waals surface area contributed by atoms with Crippen LogP contribution < -0.4 is 5.32 Å². The average Bonchev–Trinajstić information content (AvgIpc) is 3.09. The molecule has 0 fully saturated rings. The van der Waals surface area contributed by atoms with E-state index < -0.39 is 4.92 Å². The van der Waals surface area contributed by atoms with Crippen LogP contribution in [0.3, 0.4) is 0 Å². The third-order valence-corrected chi connectivity index (χ3v) is 7.11. The normalized spacial score (nSPS) is 17.1. The van der Waals surface area contributed by atoms with Crippen LogP contribution in [0.5, 0.6) is 0 Å². The molecule has 1 heterocycles. The highest BCUT2D eigenvalue weighted by atomic mass is 32.2. The fraction of sp³-hybridized carbons (Fsp3) is 0.300. The van der Waals surface area contributed by atoms with E-state index in [9.17, 15) is 14.9 Å². The minimum absolute atomic E-state index is 0.0167. The molecule has 0 saturated carbocycles. The molecule has 8 heteroatoms. The Kier molecular flexibility index (Phi) is 5.32. The molecule has 0 saturated heterocycles. The van der Waals surface area contributed by atoms with E-state index in [1.165, 1.54) is 46.4 Å². The van der Waals surface area contributed by atoms with Crippen LogP contribution in [0.4, 0.5) is 5.69 Å². The number of thioether (sulfide) groups is 1. The molecule has 1 aliphatic carbocycles. The number of nitro groups is 1. The van der Waals surface area contributed by atoms with Crippen molar-refractivity contribution in [1.82, 2.24) is 10.3 Å². The van der Waals surface area contributed by atoms with E-state index in [0.29, 0.717) is 5.52 Å². The fourth-order valence-corrected chi connectivity index (χ4v) is 5.71. The van der Waals surface area contributed by atoms with Gasteiger partial charge in [0, 0.05) is 12.1 Å². The van der Waals surface area contributed by atoms with E-state index in [2.05, 4.69) is 22.4 Å². The maximum absolute atomic E-state index is 12.7. The molecule has 0 aliphatic heterocycles. The number of amides is 1. The number of nitrogens with zero attached hydrogens (tertiary/aromatic N) is 2. The van der Waals surface area contributed by atoms with Crippen molar-refractivity contribution in [3.63, 3.8) is 0 Å². The molecule has 2 aromatic carbocycles. The monoisotopic (exact) mass is 413 g/mol. The lowest BCUT2D eigenvalue weighted by atomic mass is 9.88. The Morgan fingerprint density at radius 2 is 2.18 bits per heavy atom. The Morgan fingerprint density at radius 3 is 3.00 bits per heavy atom. The second kappa shape index (κ2) is 7.89. The van der Waals surface area contributed by atoms with Crippen LogP contribution in [0, 0.1) is 10.1 Å². The van der Waals surface area contributed by atoms with Gasteiger partial charge in [0.05, 0.1) is 26.4 Å². The van der Waals surface area contributed by atoms with Crippen molar-refractivity contribution in [3.05, 3.63) is 63.7 Å². The van der Waals surface area contributed by atoms with E-state index in [4.69, 9.17) is 0 Å². The molecular weight excluding hydrogens is 394 g/mol. The summed E-state index contributed by atoms with van der Waals surface area (Å²) in [5, 5.41) is 13.8. The summed E-state index contributed by atoms with van der Waals surface area (Å²) in [6.07, 6.45) is 3.08. The summed E-state index contributed by atoms with van der Waals surface area (Å²) in [5.41, 5.74) is 3.29. The van der Waals surface area contributed by atoms with Gasteiger partial charge in [-0.1, -0.05) is 36.0 Å². The Hall–Kier alpha value is -2.45. The topological polar surface area (TPSA) is 85.1 Å². The number of fused-ring (bicyclic) bond motifs is 2. The molecule has 28 heavy (non-hydrogen) atoms. The van der Waals surface area contributed by atoms with Crippen LogP contribution in [-0.2, 0) is 11.2 Å². The number of thiazole rings is 1. The second-order valence-corrected chi connectivity index (χ2v) is 9.42. The molecule has 6 nitrogen and oxygen atoms in total. The first-order valence-corrected chi connectivity index (χ1v) is 10.8. The Bertz CT molecular complexity index is 1050. The predicted molar refractivity (Wildman–Crippen MR) is 112 cm³/mol. The van der Waals surface area contributed by atoms with Gasteiger partial charge in [0.2, 0.25) is 5.91 Å². The van der Waals surface area contributed by atoms with Crippen molar-refractivity contribution >= 4 is 44.9 Å². The Balaban J connectivity index is 1.45. The lowest BCUT2D eigenvalue weighted by molar-refractivity contribution is -0.384. The van der Waals surface area contributed by atoms with Gasteiger partial charge in [-0.05, 0) is 43.4 Å². The summed E-state index contributed by atoms with van der Waals surface area (Å²) < 4.78 is 1.49. The number of nitrogens with one attached hydrogen (secondary N) is 1. The minimum atomic E-state index is -0.413. The van der Waals surface area contributed by atoms with Crippen LogP contribution in [0.25, 0.3) is 10.2 Å². The summed E-state index contributed by atoms with van der Waals surface area (Å²) in [4.78, 5) is 27.8. The molecule has 0 radical (unpaired) electrons. The van der Waals surface area contributed by atoms with Gasteiger partial charge in [0.25, 0.3) is 5.69 Å². The molecule has 1 N–H and O–H groups in total. The predicted octanol–water partition coefficient (Wildman–Crippen LogP) is 4.88. The standard InChI is InChI=1S/C20H19N3O3S2/c1-12(19(24)21-16-8-4-6-13-5-2-3-7-15(13)16)27-20-22-17-10-9-14(23(25)26)11-18(17)28-20/h2-3,5,7,9-12,16H,4,6,8H2,1H3,(H,21,24)/t12-,16+/m1/s1. The summed E-state index contributed by atoms with van der Waals surface area (Å²) in [7, 11) is 0. The van der Waals surface area contributed by atoms with Crippen LogP contribution >= 0.6 is 23.1 Å². The van der Waals surface area contributed by atoms with Crippen LogP contribution in [-0.4, -0.2) is 21.1 Å². The van der Waals surface area contributed by atoms with E-state index in [-0.39, 0.29) is 22.9 Å². The van der Waals surface area contributed by atoms with Crippen molar-refractivity contribution < 1.29 is 9.72 Å². The second-order valence-electron chi connectivity index (χ2n) is 6.80. The van der Waals surface area contributed by atoms with Crippen LogP contribution in [0.1, 0.15) is 36.9 Å². The van der Waals surface area contributed by atoms with E-state index in [0.717, 1.165) is 28.3 Å². The summed E-state index contributed by atoms with van der Waals surface area (Å²) >= 11 is 2.76. The minimum Gasteiger partial charge on any atom is -0.348 e. The molecule has 0 unspecified atom stereocenters. The summed E-state index contributed by atoms with van der Waals surface area (Å²) in [6.45, 7) is 1.86. The van der Waals surface area contributed by atoms with Crippen molar-refractivity contribution in [2.75, 3.05) is 0 Å². The molecule has 4 rings (SSSR count). The SMILES string of the molecule is C[C@@H](Sc1nc2ccc([N+](=O)[O-])cc2s1)C(=O)N[C@H]1CCCc2ccccc21. The Morgan fingerprint density at radius 1 is 1.36 bits per heavy atom. The Labute approximate surface area is 170 Å². The van der Waals surface area contributed by atoms with Crippen molar-refractivity contribution in [2.45, 2.75) is 41.8 Å². The third-order valence-electron chi connectivity index (χ3n) is 4.90. The maximum Gasteiger partial charge on any atom is 0.270 e. The van der Waals surface area contributed by atoms with Gasteiger partial charge in [0.15, 0.2) is 4.34 Å². The number of benzene rings is 2. The number of carbonyl (C=O) groups excluding carboxylic acids is 1. The number of rotatable bonds is 5. The van der Waals surface area contributed by atoms with Gasteiger partial charge in [-0.15, -0.1) is 11.3 Å². The first kappa shape index (κ1) is 18.9. The highest BCUT2D eigenvalue weighted by molar-refractivity contribution is 8.02. The lowest BCUT2D eigenvalue weighted by Gasteiger charge is -2.27. The number of hydrogen-bond acceptors (Lipinski definition) is 6. The molecule has 1 amide bonds. The average molecular weight is 414 g/mol. The zero-order valence-electron chi connectivity index (χ0n) is 15.3. The lowest BCUT2D eigenvalue weighted by Crippen LogP contribution is -2.35. The van der Waals surface area contributed by atoms with Gasteiger partial charge in [-0.25, -0.2) is 4.98 Å². The van der Waals surface area contributed by atoms with Crippen molar-refractivity contribution in [1.29, 1.82) is 0 Å². The number of aromatic nitrogens is 1. The number of aryl methyl sites for hydroxylation is 1. The van der Waals surface area contributed by atoms with Gasteiger partial charge in [-0.3, -0.25) is 14.9 Å². The van der Waals surface area contributed by atoms with E-state index >= 15 is 0 Å². The first-order valence-electron chi connectivity index (χ1n) is 9.11. The zero-order valence-corrected chi connectivity index (χ0v) is 16.9. The summed E-state index contributed by atoms with van der Waals surface area (Å²) in [5.74, 6) is -0.0167. The molecular formula is C20H19N3O3S2. The first-order chi connectivity index (χ1) is 13.5. The molecule has 1 aliphatic rings. The number of carbonyl (C=O) groups is 1. The van der Waals surface area contributed by atoms with Gasteiger partial charge in [-0.2, -0.15) is 0 Å². The maximum atomic E-state index is 12.7. The van der Waals surface area contributed by atoms with E-state index in [1.54, 1.807) is 6.07 Å². The quantitative estimate of drug-likeness (QED) is 0.366. The van der Waals surface area contributed by atoms with Crippen LogP contribution in [0.15, 0.2) is 46.8 Å². The molecule has 0 spiro atoms. The highest BCUT2D eigenvalue weighted by Crippen LogP contribution is 2.35. The smallest absolute Gasteiger partial charge is 0.270 e. The van der Waals surface area contributed by atoms with Gasteiger partial charge in [0.1, 0.15) is 0 Å². The van der Waals surface area contributed by atoms with Crippen molar-refractivity contribution in [2.24, 2.45) is 0 Å². The number of non-ortho nitro benzene ring substituents is 1. The third kappa shape index (κ3) is 3.88. The zero-order chi connectivity index (χ0) is 19.7.